The normalized spacial score (nSPS) is 12.2. The highest BCUT2D eigenvalue weighted by Gasteiger charge is 2.11. The molecule has 0 aliphatic rings. The SMILES string of the molecule is CCCC(Cc1ccc(OC)cc1)c1cccc(C)c1. The van der Waals surface area contributed by atoms with E-state index in [4.69, 9.17) is 4.74 Å². The predicted molar refractivity (Wildman–Crippen MR) is 85.5 cm³/mol. The van der Waals surface area contributed by atoms with Gasteiger partial charge in [-0.1, -0.05) is 55.3 Å². The molecule has 0 spiro atoms. The maximum absolute atomic E-state index is 5.22. The Labute approximate surface area is 122 Å². The van der Waals surface area contributed by atoms with Gasteiger partial charge in [0.1, 0.15) is 5.75 Å². The third-order valence-corrected chi connectivity index (χ3v) is 3.79. The van der Waals surface area contributed by atoms with Crippen molar-refractivity contribution in [2.75, 3.05) is 7.11 Å². The maximum atomic E-state index is 5.22. The van der Waals surface area contributed by atoms with Gasteiger partial charge in [0.05, 0.1) is 7.11 Å². The lowest BCUT2D eigenvalue weighted by atomic mass is 9.88. The van der Waals surface area contributed by atoms with Gasteiger partial charge < -0.3 is 4.74 Å². The van der Waals surface area contributed by atoms with Crippen molar-refractivity contribution in [1.82, 2.24) is 0 Å². The van der Waals surface area contributed by atoms with Crippen molar-refractivity contribution >= 4 is 0 Å². The molecule has 0 radical (unpaired) electrons. The molecule has 0 aliphatic carbocycles. The highest BCUT2D eigenvalue weighted by molar-refractivity contribution is 5.31. The van der Waals surface area contributed by atoms with E-state index in [1.165, 1.54) is 29.5 Å². The summed E-state index contributed by atoms with van der Waals surface area (Å²) >= 11 is 0. The first-order valence-electron chi connectivity index (χ1n) is 7.42. The minimum absolute atomic E-state index is 0.605. The lowest BCUT2D eigenvalue weighted by molar-refractivity contribution is 0.414. The van der Waals surface area contributed by atoms with E-state index in [1.807, 2.05) is 0 Å². The first-order valence-corrected chi connectivity index (χ1v) is 7.42. The van der Waals surface area contributed by atoms with Crippen LogP contribution in [0.4, 0.5) is 0 Å². The molecule has 2 aromatic rings. The van der Waals surface area contributed by atoms with Crippen molar-refractivity contribution in [3.8, 4) is 5.75 Å². The largest absolute Gasteiger partial charge is 0.497 e. The highest BCUT2D eigenvalue weighted by Crippen LogP contribution is 2.27. The van der Waals surface area contributed by atoms with Crippen LogP contribution >= 0.6 is 0 Å². The average Bonchev–Trinajstić information content (AvgIpc) is 2.47. The van der Waals surface area contributed by atoms with E-state index in [1.54, 1.807) is 7.11 Å². The van der Waals surface area contributed by atoms with Gasteiger partial charge in [-0.05, 0) is 48.9 Å². The zero-order valence-corrected chi connectivity index (χ0v) is 12.7. The summed E-state index contributed by atoms with van der Waals surface area (Å²) in [6.07, 6.45) is 3.55. The third kappa shape index (κ3) is 3.86. The van der Waals surface area contributed by atoms with E-state index in [2.05, 4.69) is 62.4 Å². The van der Waals surface area contributed by atoms with Crippen LogP contribution in [0.5, 0.6) is 5.75 Å². The van der Waals surface area contributed by atoms with Gasteiger partial charge in [0, 0.05) is 0 Å². The van der Waals surface area contributed by atoms with Crippen LogP contribution in [0.3, 0.4) is 0 Å². The molecule has 0 N–H and O–H groups in total. The minimum atomic E-state index is 0.605. The van der Waals surface area contributed by atoms with Gasteiger partial charge in [-0.25, -0.2) is 0 Å². The number of rotatable bonds is 6. The fraction of sp³-hybridized carbons (Fsp3) is 0.368. The molecule has 1 nitrogen and oxygen atoms in total. The molecule has 0 saturated heterocycles. The Bertz CT molecular complexity index is 528. The first kappa shape index (κ1) is 14.6. The van der Waals surface area contributed by atoms with Crippen LogP contribution < -0.4 is 4.74 Å². The van der Waals surface area contributed by atoms with Gasteiger partial charge in [0.25, 0.3) is 0 Å². The number of hydrogen-bond donors (Lipinski definition) is 0. The zero-order valence-electron chi connectivity index (χ0n) is 12.7. The lowest BCUT2D eigenvalue weighted by Gasteiger charge is -2.17. The molecule has 106 valence electrons. The molecule has 0 aliphatic heterocycles. The molecule has 1 heteroatoms. The Morgan fingerprint density at radius 2 is 1.80 bits per heavy atom. The number of aryl methyl sites for hydroxylation is 1. The summed E-state index contributed by atoms with van der Waals surface area (Å²) < 4.78 is 5.22. The molecule has 0 aromatic heterocycles. The Morgan fingerprint density at radius 1 is 1.05 bits per heavy atom. The summed E-state index contributed by atoms with van der Waals surface area (Å²) in [7, 11) is 1.71. The van der Waals surface area contributed by atoms with E-state index in [0.717, 1.165) is 12.2 Å². The monoisotopic (exact) mass is 268 g/mol. The molecule has 0 amide bonds. The fourth-order valence-corrected chi connectivity index (χ4v) is 2.71. The van der Waals surface area contributed by atoms with Gasteiger partial charge in [-0.2, -0.15) is 0 Å². The number of hydrogen-bond acceptors (Lipinski definition) is 1. The van der Waals surface area contributed by atoms with Crippen LogP contribution in [0.25, 0.3) is 0 Å². The molecule has 0 saturated carbocycles. The topological polar surface area (TPSA) is 9.23 Å². The molecule has 20 heavy (non-hydrogen) atoms. The van der Waals surface area contributed by atoms with E-state index in [0.29, 0.717) is 5.92 Å². The summed E-state index contributed by atoms with van der Waals surface area (Å²) in [5.41, 5.74) is 4.19. The second-order valence-corrected chi connectivity index (χ2v) is 5.45. The van der Waals surface area contributed by atoms with Gasteiger partial charge >= 0.3 is 0 Å². The molecule has 1 atom stereocenters. The van der Waals surface area contributed by atoms with Gasteiger partial charge in [-0.3, -0.25) is 0 Å². The van der Waals surface area contributed by atoms with Crippen molar-refractivity contribution in [2.24, 2.45) is 0 Å². The fourth-order valence-electron chi connectivity index (χ4n) is 2.71. The molecule has 0 fully saturated rings. The quantitative estimate of drug-likeness (QED) is 0.705. The average molecular weight is 268 g/mol. The number of methoxy groups -OCH3 is 1. The van der Waals surface area contributed by atoms with E-state index >= 15 is 0 Å². The van der Waals surface area contributed by atoms with Crippen LogP contribution in [-0.4, -0.2) is 7.11 Å². The van der Waals surface area contributed by atoms with Crippen LogP contribution in [0.15, 0.2) is 48.5 Å². The Hall–Kier alpha value is -1.76. The van der Waals surface area contributed by atoms with Crippen molar-refractivity contribution in [3.63, 3.8) is 0 Å². The summed E-state index contributed by atoms with van der Waals surface area (Å²) in [5.74, 6) is 1.53. The van der Waals surface area contributed by atoms with Crippen LogP contribution in [-0.2, 0) is 6.42 Å². The molecule has 1 unspecified atom stereocenters. The van der Waals surface area contributed by atoms with E-state index in [-0.39, 0.29) is 0 Å². The smallest absolute Gasteiger partial charge is 0.118 e. The Kier molecular flexibility index (Phi) is 5.23. The van der Waals surface area contributed by atoms with Crippen molar-refractivity contribution in [3.05, 3.63) is 65.2 Å². The van der Waals surface area contributed by atoms with Gasteiger partial charge in [0.15, 0.2) is 0 Å². The van der Waals surface area contributed by atoms with Crippen molar-refractivity contribution < 1.29 is 4.74 Å². The van der Waals surface area contributed by atoms with Gasteiger partial charge in [-0.15, -0.1) is 0 Å². The maximum Gasteiger partial charge on any atom is 0.118 e. The second kappa shape index (κ2) is 7.14. The van der Waals surface area contributed by atoms with E-state index < -0.39 is 0 Å². The predicted octanol–water partition coefficient (Wildman–Crippen LogP) is 5.13. The van der Waals surface area contributed by atoms with Crippen LogP contribution in [0.2, 0.25) is 0 Å². The minimum Gasteiger partial charge on any atom is -0.497 e. The molecule has 2 rings (SSSR count). The second-order valence-electron chi connectivity index (χ2n) is 5.45. The molecular formula is C19H24O. The molecule has 0 bridgehead atoms. The highest BCUT2D eigenvalue weighted by atomic mass is 16.5. The van der Waals surface area contributed by atoms with Crippen molar-refractivity contribution in [2.45, 2.75) is 39.0 Å². The summed E-state index contributed by atoms with van der Waals surface area (Å²) in [5, 5.41) is 0. The first-order chi connectivity index (χ1) is 9.72. The summed E-state index contributed by atoms with van der Waals surface area (Å²) in [6.45, 7) is 4.43. The van der Waals surface area contributed by atoms with Gasteiger partial charge in [0.2, 0.25) is 0 Å². The molecular weight excluding hydrogens is 244 g/mol. The number of benzene rings is 2. The molecule has 2 aromatic carbocycles. The summed E-state index contributed by atoms with van der Waals surface area (Å²) in [4.78, 5) is 0. The summed E-state index contributed by atoms with van der Waals surface area (Å²) in [6, 6.07) is 17.4. The van der Waals surface area contributed by atoms with E-state index in [9.17, 15) is 0 Å². The Balaban J connectivity index is 2.16. The standard InChI is InChI=1S/C19H24O/c1-4-6-17(18-8-5-7-15(2)13-18)14-16-9-11-19(20-3)12-10-16/h5,7-13,17H,4,6,14H2,1-3H3. The number of ether oxygens (including phenoxy) is 1. The van der Waals surface area contributed by atoms with Crippen LogP contribution in [0, 0.1) is 6.92 Å². The Morgan fingerprint density at radius 3 is 2.40 bits per heavy atom. The van der Waals surface area contributed by atoms with Crippen LogP contribution in [0.1, 0.15) is 42.4 Å². The lowest BCUT2D eigenvalue weighted by Crippen LogP contribution is -2.03. The molecule has 0 heterocycles. The zero-order chi connectivity index (χ0) is 14.4. The third-order valence-electron chi connectivity index (χ3n) is 3.79. The van der Waals surface area contributed by atoms with Crippen molar-refractivity contribution in [1.29, 1.82) is 0 Å².